The third-order valence-electron chi connectivity index (χ3n) is 1.33. The highest BCUT2D eigenvalue weighted by molar-refractivity contribution is 6.32. The summed E-state index contributed by atoms with van der Waals surface area (Å²) in [4.78, 5) is 0. The standard InChI is InChI=1S/C8H3ClF5O/c9-5-3-1-2-4-6(5)15-8(13,14)7(10,11)12/h1-3H. The highest BCUT2D eigenvalue weighted by atomic mass is 35.5. The third kappa shape index (κ3) is 2.71. The summed E-state index contributed by atoms with van der Waals surface area (Å²) >= 11 is 5.32. The van der Waals surface area contributed by atoms with Gasteiger partial charge in [-0.1, -0.05) is 23.7 Å². The van der Waals surface area contributed by atoms with E-state index in [2.05, 4.69) is 4.74 Å². The molecule has 7 heteroatoms. The van der Waals surface area contributed by atoms with Gasteiger partial charge in [0.25, 0.3) is 0 Å². The molecule has 0 amide bonds. The summed E-state index contributed by atoms with van der Waals surface area (Å²) in [6, 6.07) is 5.57. The first-order valence-corrected chi connectivity index (χ1v) is 3.91. The molecule has 0 saturated carbocycles. The van der Waals surface area contributed by atoms with Crippen molar-refractivity contribution >= 4 is 11.6 Å². The van der Waals surface area contributed by atoms with E-state index in [1.807, 2.05) is 6.07 Å². The number of benzene rings is 1. The van der Waals surface area contributed by atoms with Gasteiger partial charge in [-0.25, -0.2) is 0 Å². The van der Waals surface area contributed by atoms with E-state index in [0.29, 0.717) is 0 Å². The lowest BCUT2D eigenvalue weighted by Gasteiger charge is -2.20. The molecule has 15 heavy (non-hydrogen) atoms. The lowest BCUT2D eigenvalue weighted by molar-refractivity contribution is -0.360. The molecule has 0 aliphatic carbocycles. The van der Waals surface area contributed by atoms with Gasteiger partial charge in [0.15, 0.2) is 5.75 Å². The summed E-state index contributed by atoms with van der Waals surface area (Å²) in [5.74, 6) is -0.846. The molecular weight excluding hydrogens is 243 g/mol. The van der Waals surface area contributed by atoms with Gasteiger partial charge in [-0.3, -0.25) is 0 Å². The zero-order valence-electron chi connectivity index (χ0n) is 6.91. The molecule has 0 aromatic heterocycles. The zero-order chi connectivity index (χ0) is 11.7. The highest BCUT2D eigenvalue weighted by Gasteiger charge is 2.61. The Bertz CT molecular complexity index is 349. The summed E-state index contributed by atoms with van der Waals surface area (Å²) in [7, 11) is 0. The molecule has 1 aromatic carbocycles. The first-order chi connectivity index (χ1) is 6.74. The van der Waals surface area contributed by atoms with Gasteiger partial charge in [0.1, 0.15) is 0 Å². The van der Waals surface area contributed by atoms with Crippen LogP contribution in [0.5, 0.6) is 5.75 Å². The second-order valence-corrected chi connectivity index (χ2v) is 2.87. The second-order valence-electron chi connectivity index (χ2n) is 2.46. The Morgan fingerprint density at radius 2 is 1.80 bits per heavy atom. The molecule has 0 bridgehead atoms. The van der Waals surface area contributed by atoms with Crippen LogP contribution >= 0.6 is 11.6 Å². The van der Waals surface area contributed by atoms with Crippen LogP contribution in [0.1, 0.15) is 0 Å². The van der Waals surface area contributed by atoms with E-state index in [4.69, 9.17) is 11.6 Å². The number of alkyl halides is 5. The van der Waals surface area contributed by atoms with Crippen LogP contribution in [0, 0.1) is 6.07 Å². The van der Waals surface area contributed by atoms with Crippen LogP contribution in [0.25, 0.3) is 0 Å². The molecule has 0 heterocycles. The Hall–Kier alpha value is -1.04. The fourth-order valence-electron chi connectivity index (χ4n) is 0.665. The molecule has 83 valence electrons. The maximum atomic E-state index is 12.4. The minimum absolute atomic E-state index is 0.374. The first-order valence-electron chi connectivity index (χ1n) is 3.54. The number of rotatable bonds is 2. The van der Waals surface area contributed by atoms with Crippen LogP contribution in [-0.2, 0) is 0 Å². The average Bonchev–Trinajstić information content (AvgIpc) is 2.06. The topological polar surface area (TPSA) is 9.23 Å². The molecule has 1 rings (SSSR count). The SMILES string of the molecule is FC(F)(F)C(F)(F)Oc1[c]cccc1Cl. The van der Waals surface area contributed by atoms with Gasteiger partial charge >= 0.3 is 12.3 Å². The Balaban J connectivity index is 2.92. The summed E-state index contributed by atoms with van der Waals surface area (Å²) in [5.41, 5.74) is 0. The number of halogens is 6. The van der Waals surface area contributed by atoms with Gasteiger partial charge in [-0.2, -0.15) is 22.0 Å². The predicted octanol–water partition coefficient (Wildman–Crippen LogP) is 3.67. The van der Waals surface area contributed by atoms with E-state index in [1.165, 1.54) is 6.07 Å². The van der Waals surface area contributed by atoms with Crippen molar-refractivity contribution in [1.29, 1.82) is 0 Å². The van der Waals surface area contributed by atoms with Crippen molar-refractivity contribution in [3.63, 3.8) is 0 Å². The Kier molecular flexibility index (Phi) is 3.08. The van der Waals surface area contributed by atoms with Crippen LogP contribution in [0.3, 0.4) is 0 Å². The number of hydrogen-bond donors (Lipinski definition) is 0. The average molecular weight is 246 g/mol. The van der Waals surface area contributed by atoms with Gasteiger partial charge in [-0.05, 0) is 6.07 Å². The Morgan fingerprint density at radius 3 is 2.27 bits per heavy atom. The summed E-state index contributed by atoms with van der Waals surface area (Å²) in [6.07, 6.45) is -11.1. The maximum absolute atomic E-state index is 12.4. The molecule has 1 nitrogen and oxygen atoms in total. The van der Waals surface area contributed by atoms with Crippen molar-refractivity contribution in [2.24, 2.45) is 0 Å². The van der Waals surface area contributed by atoms with Gasteiger partial charge in [0.05, 0.1) is 5.02 Å². The minimum atomic E-state index is -5.79. The van der Waals surface area contributed by atoms with Crippen LogP contribution < -0.4 is 4.74 Å². The molecule has 0 spiro atoms. The Morgan fingerprint density at radius 1 is 1.20 bits per heavy atom. The van der Waals surface area contributed by atoms with Crippen molar-refractivity contribution in [2.45, 2.75) is 12.3 Å². The highest BCUT2D eigenvalue weighted by Crippen LogP contribution is 2.38. The normalized spacial score (nSPS) is 12.7. The van der Waals surface area contributed by atoms with E-state index < -0.39 is 18.0 Å². The van der Waals surface area contributed by atoms with Crippen LogP contribution in [0.15, 0.2) is 18.2 Å². The lowest BCUT2D eigenvalue weighted by Crippen LogP contribution is -2.41. The van der Waals surface area contributed by atoms with Crippen molar-refractivity contribution in [3.8, 4) is 5.75 Å². The van der Waals surface area contributed by atoms with Gasteiger partial charge in [-0.15, -0.1) is 0 Å². The fourth-order valence-corrected chi connectivity index (χ4v) is 0.831. The fraction of sp³-hybridized carbons (Fsp3) is 0.250. The molecule has 0 aliphatic heterocycles. The zero-order valence-corrected chi connectivity index (χ0v) is 7.66. The monoisotopic (exact) mass is 245 g/mol. The van der Waals surface area contributed by atoms with E-state index in [9.17, 15) is 22.0 Å². The summed E-state index contributed by atoms with van der Waals surface area (Å²) in [5, 5.41) is -0.374. The molecule has 0 aliphatic rings. The number of para-hydroxylation sites is 1. The van der Waals surface area contributed by atoms with Crippen molar-refractivity contribution < 1.29 is 26.7 Å². The maximum Gasteiger partial charge on any atom is 0.499 e. The quantitative estimate of drug-likeness (QED) is 0.723. The van der Waals surface area contributed by atoms with Gasteiger partial charge in [0, 0.05) is 6.07 Å². The van der Waals surface area contributed by atoms with Gasteiger partial charge in [0.2, 0.25) is 0 Å². The smallest absolute Gasteiger partial charge is 0.423 e. The summed E-state index contributed by atoms with van der Waals surface area (Å²) < 4.78 is 63.3. The molecule has 0 unspecified atom stereocenters. The molecule has 0 atom stereocenters. The van der Waals surface area contributed by atoms with Crippen LogP contribution in [-0.4, -0.2) is 12.3 Å². The van der Waals surface area contributed by atoms with E-state index in [-0.39, 0.29) is 5.02 Å². The molecule has 0 fully saturated rings. The second kappa shape index (κ2) is 3.84. The molecule has 0 N–H and O–H groups in total. The molecular formula is C8H3ClF5O. The van der Waals surface area contributed by atoms with Crippen molar-refractivity contribution in [1.82, 2.24) is 0 Å². The van der Waals surface area contributed by atoms with Crippen molar-refractivity contribution in [3.05, 3.63) is 29.3 Å². The molecule has 0 saturated heterocycles. The van der Waals surface area contributed by atoms with Crippen LogP contribution in [0.4, 0.5) is 22.0 Å². The largest absolute Gasteiger partial charge is 0.499 e. The molecule has 1 aromatic rings. The lowest BCUT2D eigenvalue weighted by atomic mass is 10.3. The third-order valence-corrected chi connectivity index (χ3v) is 1.63. The van der Waals surface area contributed by atoms with E-state index >= 15 is 0 Å². The van der Waals surface area contributed by atoms with Crippen molar-refractivity contribution in [2.75, 3.05) is 0 Å². The minimum Gasteiger partial charge on any atom is -0.423 e. The summed E-state index contributed by atoms with van der Waals surface area (Å²) in [6.45, 7) is 0. The molecule has 1 radical (unpaired) electrons. The van der Waals surface area contributed by atoms with Crippen LogP contribution in [0.2, 0.25) is 5.02 Å². The van der Waals surface area contributed by atoms with E-state index in [1.54, 1.807) is 0 Å². The van der Waals surface area contributed by atoms with Gasteiger partial charge < -0.3 is 4.74 Å². The number of hydrogen-bond acceptors (Lipinski definition) is 1. The van der Waals surface area contributed by atoms with E-state index in [0.717, 1.165) is 12.1 Å². The Labute approximate surface area is 86.4 Å². The predicted molar refractivity (Wildman–Crippen MR) is 41.9 cm³/mol. The first kappa shape index (κ1) is 12.0. The number of ether oxygens (including phenoxy) is 1.